The van der Waals surface area contributed by atoms with Gasteiger partial charge in [-0.2, -0.15) is 13.2 Å². The number of alkyl halides is 3. The quantitative estimate of drug-likeness (QED) is 0.472. The van der Waals surface area contributed by atoms with E-state index in [1.807, 2.05) is 18.2 Å². The Balaban J connectivity index is 0.000000360. The smallest absolute Gasteiger partial charge is 0.475 e. The fraction of sp³-hybridized carbons (Fsp3) is 0.200. The van der Waals surface area contributed by atoms with Crippen LogP contribution in [0.2, 0.25) is 0 Å². The second kappa shape index (κ2) is 6.60. The summed E-state index contributed by atoms with van der Waals surface area (Å²) in [6.07, 6.45) is -5.08. The van der Waals surface area contributed by atoms with Gasteiger partial charge in [0, 0.05) is 12.1 Å². The fourth-order valence-electron chi connectivity index (χ4n) is 0.866. The minimum Gasteiger partial charge on any atom is -0.475 e. The summed E-state index contributed by atoms with van der Waals surface area (Å²) < 4.78 is 31.7. The minimum atomic E-state index is -5.08. The van der Waals surface area contributed by atoms with Crippen LogP contribution in [-0.4, -0.2) is 23.1 Å². The monoisotopic (exact) mass is 263 g/mol. The van der Waals surface area contributed by atoms with E-state index in [1.54, 1.807) is 6.07 Å². The van der Waals surface area contributed by atoms with Crippen LogP contribution in [0.3, 0.4) is 0 Å². The van der Waals surface area contributed by atoms with E-state index in [0.717, 1.165) is 11.1 Å². The van der Waals surface area contributed by atoms with E-state index in [4.69, 9.17) is 26.8 Å². The molecular formula is C10H12F3N3O2. The molecule has 0 aromatic heterocycles. The summed E-state index contributed by atoms with van der Waals surface area (Å²) in [7, 11) is 0. The Bertz CT molecular complexity index is 433. The standard InChI is InChI=1S/C8H11N3.C2HF3O2/c9-5-6-2-1-3-7(4-6)8(10)11;3-2(4,5)1(6)7/h1-4H,5,9H2,(H3,10,11);(H,6,7). The highest BCUT2D eigenvalue weighted by Crippen LogP contribution is 2.13. The SMILES string of the molecule is N=C(N)c1cccc(CN)c1.O=C(O)C(F)(F)F. The maximum Gasteiger partial charge on any atom is 0.490 e. The summed E-state index contributed by atoms with van der Waals surface area (Å²) >= 11 is 0. The fourth-order valence-corrected chi connectivity index (χ4v) is 0.866. The minimum absolute atomic E-state index is 0.0836. The molecule has 8 heteroatoms. The zero-order valence-corrected chi connectivity index (χ0v) is 9.16. The number of benzene rings is 1. The molecule has 0 aliphatic carbocycles. The molecule has 0 aliphatic rings. The molecule has 0 amide bonds. The second-order valence-electron chi connectivity index (χ2n) is 3.12. The Morgan fingerprint density at radius 2 is 1.89 bits per heavy atom. The zero-order chi connectivity index (χ0) is 14.3. The normalized spacial score (nSPS) is 10.2. The predicted octanol–water partition coefficient (Wildman–Crippen LogP) is 1.06. The average molecular weight is 263 g/mol. The van der Waals surface area contributed by atoms with Crippen LogP contribution in [0.4, 0.5) is 13.2 Å². The van der Waals surface area contributed by atoms with Crippen LogP contribution in [0.1, 0.15) is 11.1 Å². The van der Waals surface area contributed by atoms with Gasteiger partial charge in [-0.1, -0.05) is 18.2 Å². The molecule has 0 bridgehead atoms. The third-order valence-corrected chi connectivity index (χ3v) is 1.72. The largest absolute Gasteiger partial charge is 0.490 e. The molecule has 1 aromatic rings. The number of carboxylic acids is 1. The third-order valence-electron chi connectivity index (χ3n) is 1.72. The van der Waals surface area contributed by atoms with Crippen molar-refractivity contribution in [3.05, 3.63) is 35.4 Å². The van der Waals surface area contributed by atoms with Gasteiger partial charge < -0.3 is 16.6 Å². The van der Waals surface area contributed by atoms with E-state index in [-0.39, 0.29) is 5.84 Å². The number of aliphatic carboxylic acids is 1. The highest BCUT2D eigenvalue weighted by molar-refractivity contribution is 5.95. The lowest BCUT2D eigenvalue weighted by Crippen LogP contribution is -2.21. The van der Waals surface area contributed by atoms with E-state index < -0.39 is 12.1 Å². The van der Waals surface area contributed by atoms with Gasteiger partial charge in [-0.25, -0.2) is 4.79 Å². The van der Waals surface area contributed by atoms with Gasteiger partial charge in [0.2, 0.25) is 0 Å². The summed E-state index contributed by atoms with van der Waals surface area (Å²) in [5.41, 5.74) is 12.4. The number of carboxylic acid groups (broad SMARTS) is 1. The van der Waals surface area contributed by atoms with Crippen molar-refractivity contribution < 1.29 is 23.1 Å². The molecule has 0 saturated heterocycles. The first kappa shape index (κ1) is 15.9. The van der Waals surface area contributed by atoms with Crippen LogP contribution in [0, 0.1) is 5.41 Å². The summed E-state index contributed by atoms with van der Waals surface area (Å²) in [5.74, 6) is -2.67. The summed E-state index contributed by atoms with van der Waals surface area (Å²) in [6, 6.07) is 7.37. The first-order valence-electron chi connectivity index (χ1n) is 4.62. The molecule has 5 nitrogen and oxygen atoms in total. The van der Waals surface area contributed by atoms with Crippen molar-refractivity contribution in [2.45, 2.75) is 12.7 Å². The van der Waals surface area contributed by atoms with Crippen LogP contribution in [0.25, 0.3) is 0 Å². The number of carbonyl (C=O) groups is 1. The van der Waals surface area contributed by atoms with E-state index in [1.165, 1.54) is 0 Å². The number of hydrogen-bond acceptors (Lipinski definition) is 3. The molecule has 1 rings (SSSR count). The molecule has 1 aromatic carbocycles. The van der Waals surface area contributed by atoms with E-state index in [0.29, 0.717) is 6.54 Å². The van der Waals surface area contributed by atoms with Crippen LogP contribution < -0.4 is 11.5 Å². The molecule has 0 spiro atoms. The maximum atomic E-state index is 10.6. The van der Waals surface area contributed by atoms with Crippen molar-refractivity contribution in [2.75, 3.05) is 0 Å². The van der Waals surface area contributed by atoms with Crippen molar-refractivity contribution in [1.29, 1.82) is 5.41 Å². The third kappa shape index (κ3) is 5.85. The molecule has 18 heavy (non-hydrogen) atoms. The second-order valence-corrected chi connectivity index (χ2v) is 3.12. The van der Waals surface area contributed by atoms with Crippen LogP contribution in [-0.2, 0) is 11.3 Å². The molecule has 100 valence electrons. The number of nitrogen functional groups attached to an aromatic ring is 1. The number of hydrogen-bond donors (Lipinski definition) is 4. The first-order chi connectivity index (χ1) is 8.18. The van der Waals surface area contributed by atoms with Gasteiger partial charge in [-0.15, -0.1) is 0 Å². The molecule has 0 aliphatic heterocycles. The van der Waals surface area contributed by atoms with Gasteiger partial charge >= 0.3 is 12.1 Å². The maximum absolute atomic E-state index is 10.6. The van der Waals surface area contributed by atoms with Gasteiger partial charge in [0.15, 0.2) is 0 Å². The highest BCUT2D eigenvalue weighted by atomic mass is 19.4. The topological polar surface area (TPSA) is 113 Å². The molecule has 0 fully saturated rings. The molecule has 0 unspecified atom stereocenters. The summed E-state index contributed by atoms with van der Waals surface area (Å²) in [4.78, 5) is 8.90. The predicted molar refractivity (Wildman–Crippen MR) is 59.0 cm³/mol. The van der Waals surface area contributed by atoms with Crippen molar-refractivity contribution >= 4 is 11.8 Å². The van der Waals surface area contributed by atoms with Crippen molar-refractivity contribution in [3.63, 3.8) is 0 Å². The highest BCUT2D eigenvalue weighted by Gasteiger charge is 2.38. The van der Waals surface area contributed by atoms with Gasteiger partial charge in [0.1, 0.15) is 5.84 Å². The summed E-state index contributed by atoms with van der Waals surface area (Å²) in [5, 5.41) is 14.3. The van der Waals surface area contributed by atoms with Gasteiger partial charge in [0.25, 0.3) is 0 Å². The molecule has 0 radical (unpaired) electrons. The molecule has 0 saturated carbocycles. The Morgan fingerprint density at radius 3 is 2.22 bits per heavy atom. The first-order valence-corrected chi connectivity index (χ1v) is 4.62. The molecule has 6 N–H and O–H groups in total. The van der Waals surface area contributed by atoms with Gasteiger partial charge in [0.05, 0.1) is 0 Å². The average Bonchev–Trinajstić information content (AvgIpc) is 2.28. The van der Waals surface area contributed by atoms with Crippen molar-refractivity contribution in [1.82, 2.24) is 0 Å². The number of nitrogens with one attached hydrogen (secondary N) is 1. The Labute approximate surface area is 101 Å². The van der Waals surface area contributed by atoms with Gasteiger partial charge in [-0.05, 0) is 11.6 Å². The van der Waals surface area contributed by atoms with E-state index >= 15 is 0 Å². The molecule has 0 heterocycles. The number of nitrogens with two attached hydrogens (primary N) is 2. The van der Waals surface area contributed by atoms with Gasteiger partial charge in [-0.3, -0.25) is 5.41 Å². The number of halogens is 3. The molecular weight excluding hydrogens is 251 g/mol. The number of rotatable bonds is 2. The summed E-state index contributed by atoms with van der Waals surface area (Å²) in [6.45, 7) is 0.487. The van der Waals surface area contributed by atoms with E-state index in [2.05, 4.69) is 0 Å². The van der Waals surface area contributed by atoms with Crippen LogP contribution in [0.15, 0.2) is 24.3 Å². The number of amidine groups is 1. The van der Waals surface area contributed by atoms with Crippen molar-refractivity contribution in [2.24, 2.45) is 11.5 Å². The molecule has 0 atom stereocenters. The zero-order valence-electron chi connectivity index (χ0n) is 9.16. The van der Waals surface area contributed by atoms with Crippen molar-refractivity contribution in [3.8, 4) is 0 Å². The lowest BCUT2D eigenvalue weighted by atomic mass is 10.1. The van der Waals surface area contributed by atoms with E-state index in [9.17, 15) is 13.2 Å². The Morgan fingerprint density at radius 1 is 1.39 bits per heavy atom. The van der Waals surface area contributed by atoms with Crippen LogP contribution in [0.5, 0.6) is 0 Å². The Kier molecular flexibility index (Phi) is 5.83. The van der Waals surface area contributed by atoms with Crippen LogP contribution >= 0.6 is 0 Å². The Hall–Kier alpha value is -2.09. The lowest BCUT2D eigenvalue weighted by Gasteiger charge is -1.99. The lowest BCUT2D eigenvalue weighted by molar-refractivity contribution is -0.192.